The highest BCUT2D eigenvalue weighted by Crippen LogP contribution is 2.45. The normalized spacial score (nSPS) is 13.4. The van der Waals surface area contributed by atoms with E-state index >= 15 is 0 Å². The van der Waals surface area contributed by atoms with Gasteiger partial charge in [-0.15, -0.1) is 0 Å². The van der Waals surface area contributed by atoms with Crippen LogP contribution in [0, 0.1) is 17.3 Å². The summed E-state index contributed by atoms with van der Waals surface area (Å²) < 4.78 is 32.6. The Balaban J connectivity index is 1.81. The second kappa shape index (κ2) is 9.67. The molecule has 0 amide bonds. The van der Waals surface area contributed by atoms with E-state index in [-0.39, 0.29) is 12.8 Å². The Kier molecular flexibility index (Phi) is 6.37. The molecule has 38 heavy (non-hydrogen) atoms. The molecule has 0 N–H and O–H groups in total. The van der Waals surface area contributed by atoms with Crippen molar-refractivity contribution in [1.82, 2.24) is 0 Å². The van der Waals surface area contributed by atoms with E-state index in [4.69, 9.17) is 28.1 Å². The first-order valence-electron chi connectivity index (χ1n) is 11.8. The van der Waals surface area contributed by atoms with Crippen LogP contribution >= 0.6 is 0 Å². The highest BCUT2D eigenvalue weighted by atomic mass is 16.5. The van der Waals surface area contributed by atoms with E-state index in [0.717, 1.165) is 21.9 Å². The average molecular weight is 515 g/mol. The largest absolute Gasteiger partial charge is 0.497 e. The molecule has 194 valence electrons. The molecule has 0 spiro atoms. The van der Waals surface area contributed by atoms with Crippen LogP contribution < -0.4 is 14.2 Å². The third-order valence-electron chi connectivity index (χ3n) is 7.02. The molecule has 3 aromatic carbocycles. The first-order valence-corrected chi connectivity index (χ1v) is 11.8. The molecule has 1 aliphatic carbocycles. The maximum atomic E-state index is 12.9. The van der Waals surface area contributed by atoms with Crippen molar-refractivity contribution in [2.45, 2.75) is 12.8 Å². The zero-order valence-electron chi connectivity index (χ0n) is 21.7. The molecule has 1 heterocycles. The summed E-state index contributed by atoms with van der Waals surface area (Å²) >= 11 is 0. The van der Waals surface area contributed by atoms with Crippen molar-refractivity contribution < 1.29 is 37.7 Å². The Morgan fingerprint density at radius 1 is 0.789 bits per heavy atom. The van der Waals surface area contributed by atoms with Crippen molar-refractivity contribution in [2.24, 2.45) is 5.41 Å². The van der Waals surface area contributed by atoms with Crippen molar-refractivity contribution in [3.63, 3.8) is 0 Å². The monoisotopic (exact) mass is 514 g/mol. The highest BCUT2D eigenvalue weighted by molar-refractivity contribution is 6.10. The second-order valence-corrected chi connectivity index (χ2v) is 8.96. The van der Waals surface area contributed by atoms with Gasteiger partial charge in [0.2, 0.25) is 0 Å². The maximum Gasteiger partial charge on any atom is 0.323 e. The molecule has 0 atom stereocenters. The van der Waals surface area contributed by atoms with E-state index in [1.165, 1.54) is 14.2 Å². The molecule has 0 radical (unpaired) electrons. The molecule has 0 aliphatic heterocycles. The van der Waals surface area contributed by atoms with Crippen LogP contribution in [0.5, 0.6) is 17.2 Å². The summed E-state index contributed by atoms with van der Waals surface area (Å²) in [6.45, 7) is 0. The Morgan fingerprint density at radius 3 is 2.13 bits per heavy atom. The SMILES string of the molecule is COC(=O)C1(C(=O)OC)Cc2cc3oc4ccc(OC)cc4c3c(C#Cc3cc(OC)ccc3OC)c2C1. The van der Waals surface area contributed by atoms with E-state index in [2.05, 4.69) is 11.8 Å². The summed E-state index contributed by atoms with van der Waals surface area (Å²) in [4.78, 5) is 25.9. The summed E-state index contributed by atoms with van der Waals surface area (Å²) in [5.41, 5.74) is 2.52. The Labute approximate surface area is 219 Å². The fourth-order valence-electron chi connectivity index (χ4n) is 5.13. The van der Waals surface area contributed by atoms with Gasteiger partial charge in [-0.1, -0.05) is 11.8 Å². The lowest BCUT2D eigenvalue weighted by atomic mass is 9.84. The van der Waals surface area contributed by atoms with Gasteiger partial charge in [-0.25, -0.2) is 0 Å². The highest BCUT2D eigenvalue weighted by Gasteiger charge is 2.53. The molecule has 5 rings (SSSR count). The number of ether oxygens (including phenoxy) is 5. The standard InChI is InChI=1S/C30H26O8/c1-33-19-7-10-24(35-3)17(12-19)6-9-21-23-16-30(28(31)36-4,29(32)37-5)15-18(23)13-26-27(21)22-14-20(34-2)8-11-25(22)38-26/h7-8,10-14H,15-16H2,1-5H3. The van der Waals surface area contributed by atoms with E-state index < -0.39 is 17.4 Å². The number of rotatable bonds is 5. The third-order valence-corrected chi connectivity index (χ3v) is 7.02. The number of carbonyl (C=O) groups excluding carboxylic acids is 2. The van der Waals surface area contributed by atoms with E-state index in [0.29, 0.717) is 39.5 Å². The molecular weight excluding hydrogens is 488 g/mol. The summed E-state index contributed by atoms with van der Waals surface area (Å²) in [7, 11) is 7.27. The lowest BCUT2D eigenvalue weighted by Crippen LogP contribution is -2.42. The maximum absolute atomic E-state index is 12.9. The molecule has 4 aromatic rings. The fraction of sp³-hybridized carbons (Fsp3) is 0.267. The van der Waals surface area contributed by atoms with E-state index in [1.807, 2.05) is 24.3 Å². The van der Waals surface area contributed by atoms with Gasteiger partial charge in [0, 0.05) is 22.8 Å². The molecule has 0 saturated carbocycles. The lowest BCUT2D eigenvalue weighted by molar-refractivity contribution is -0.168. The smallest absolute Gasteiger partial charge is 0.323 e. The molecule has 0 bridgehead atoms. The quantitative estimate of drug-likeness (QED) is 0.219. The molecule has 0 fully saturated rings. The minimum absolute atomic E-state index is 0.0769. The van der Waals surface area contributed by atoms with Gasteiger partial charge < -0.3 is 28.1 Å². The first kappa shape index (κ1) is 25.0. The van der Waals surface area contributed by atoms with Gasteiger partial charge in [0.15, 0.2) is 5.41 Å². The predicted octanol–water partition coefficient (Wildman–Crippen LogP) is 4.44. The number of fused-ring (bicyclic) bond motifs is 4. The van der Waals surface area contributed by atoms with Gasteiger partial charge in [0.25, 0.3) is 0 Å². The first-order chi connectivity index (χ1) is 18.4. The number of benzene rings is 3. The molecule has 1 aliphatic rings. The molecule has 0 saturated heterocycles. The summed E-state index contributed by atoms with van der Waals surface area (Å²) in [6, 6.07) is 12.8. The van der Waals surface area contributed by atoms with Crippen LogP contribution in [0.2, 0.25) is 0 Å². The zero-order chi connectivity index (χ0) is 27.0. The average Bonchev–Trinajstić information content (AvgIpc) is 3.52. The minimum atomic E-state index is -1.51. The van der Waals surface area contributed by atoms with Gasteiger partial charge in [-0.2, -0.15) is 0 Å². The van der Waals surface area contributed by atoms with Gasteiger partial charge in [-0.05, 0) is 60.0 Å². The van der Waals surface area contributed by atoms with Crippen LogP contribution in [0.1, 0.15) is 22.3 Å². The van der Waals surface area contributed by atoms with Gasteiger partial charge in [0.05, 0.1) is 41.1 Å². The summed E-state index contributed by atoms with van der Waals surface area (Å²) in [5, 5.41) is 1.57. The Bertz CT molecular complexity index is 1630. The Hall–Kier alpha value is -4.64. The van der Waals surface area contributed by atoms with Crippen molar-refractivity contribution in [3.8, 4) is 29.1 Å². The third kappa shape index (κ3) is 3.88. The second-order valence-electron chi connectivity index (χ2n) is 8.96. The molecule has 1 aromatic heterocycles. The summed E-state index contributed by atoms with van der Waals surface area (Å²) in [5.74, 6) is 7.08. The van der Waals surface area contributed by atoms with Crippen LogP contribution in [-0.4, -0.2) is 47.5 Å². The van der Waals surface area contributed by atoms with E-state index in [1.54, 1.807) is 39.5 Å². The predicted molar refractivity (Wildman–Crippen MR) is 140 cm³/mol. The van der Waals surface area contributed by atoms with Gasteiger partial charge in [0.1, 0.15) is 28.4 Å². The molecular formula is C30H26O8. The van der Waals surface area contributed by atoms with Crippen molar-refractivity contribution in [3.05, 3.63) is 64.7 Å². The van der Waals surface area contributed by atoms with Crippen LogP contribution in [0.25, 0.3) is 21.9 Å². The van der Waals surface area contributed by atoms with Crippen LogP contribution in [-0.2, 0) is 31.9 Å². The van der Waals surface area contributed by atoms with Crippen molar-refractivity contribution >= 4 is 33.9 Å². The number of hydrogen-bond acceptors (Lipinski definition) is 8. The topological polar surface area (TPSA) is 93.4 Å². The van der Waals surface area contributed by atoms with E-state index in [9.17, 15) is 9.59 Å². The minimum Gasteiger partial charge on any atom is -0.497 e. The zero-order valence-corrected chi connectivity index (χ0v) is 21.7. The number of esters is 2. The summed E-state index contributed by atoms with van der Waals surface area (Å²) in [6.07, 6.45) is 0.183. The fourth-order valence-corrected chi connectivity index (χ4v) is 5.13. The number of hydrogen-bond donors (Lipinski definition) is 0. The number of furan rings is 1. The van der Waals surface area contributed by atoms with Crippen LogP contribution in [0.15, 0.2) is 46.9 Å². The molecule has 8 heteroatoms. The van der Waals surface area contributed by atoms with Crippen molar-refractivity contribution in [1.29, 1.82) is 0 Å². The lowest BCUT2D eigenvalue weighted by Gasteiger charge is -2.22. The molecule has 8 nitrogen and oxygen atoms in total. The number of methoxy groups -OCH3 is 5. The van der Waals surface area contributed by atoms with Gasteiger partial charge >= 0.3 is 11.9 Å². The Morgan fingerprint density at radius 2 is 1.47 bits per heavy atom. The molecule has 0 unspecified atom stereocenters. The number of carbonyl (C=O) groups is 2. The van der Waals surface area contributed by atoms with Crippen LogP contribution in [0.3, 0.4) is 0 Å². The van der Waals surface area contributed by atoms with Crippen LogP contribution in [0.4, 0.5) is 0 Å². The van der Waals surface area contributed by atoms with Gasteiger partial charge in [-0.3, -0.25) is 9.59 Å². The van der Waals surface area contributed by atoms with Crippen molar-refractivity contribution in [2.75, 3.05) is 35.5 Å².